The number of hydrogen-bond donors (Lipinski definition) is 2. The quantitative estimate of drug-likeness (QED) is 0.745. The van der Waals surface area contributed by atoms with Crippen LogP contribution >= 0.6 is 0 Å². The minimum Gasteiger partial charge on any atom is -0.399 e. The zero-order valence-corrected chi connectivity index (χ0v) is 16.5. The molecule has 0 bridgehead atoms. The van der Waals surface area contributed by atoms with Crippen LogP contribution in [0.15, 0.2) is 24.3 Å². The second-order valence-electron chi connectivity index (χ2n) is 8.15. The van der Waals surface area contributed by atoms with Crippen LogP contribution in [0.1, 0.15) is 47.1 Å². The topological polar surface area (TPSA) is 90.7 Å². The summed E-state index contributed by atoms with van der Waals surface area (Å²) in [7, 11) is -0.429. The van der Waals surface area contributed by atoms with Gasteiger partial charge in [-0.05, 0) is 38.7 Å². The lowest BCUT2D eigenvalue weighted by atomic mass is 9.78. The Kier molecular flexibility index (Phi) is 5.83. The van der Waals surface area contributed by atoms with Crippen molar-refractivity contribution in [1.82, 2.24) is 5.32 Å². The molecule has 3 N–H and O–H groups in total. The van der Waals surface area contributed by atoms with Crippen molar-refractivity contribution in [2.45, 2.75) is 65.2 Å². The van der Waals surface area contributed by atoms with Gasteiger partial charge < -0.3 is 20.4 Å². The maximum absolute atomic E-state index is 11.8. The minimum atomic E-state index is -0.729. The predicted molar refractivity (Wildman–Crippen MR) is 102 cm³/mol. The minimum absolute atomic E-state index is 0.192. The monoisotopic (exact) mass is 360 g/mol. The van der Waals surface area contributed by atoms with Crippen molar-refractivity contribution < 1.29 is 18.9 Å². The molecule has 2 rings (SSSR count). The molecule has 0 spiro atoms. The first-order valence-electron chi connectivity index (χ1n) is 8.97. The SMILES string of the molecule is CC(C)C(=O)N[C@@H](Cc1ccc(B2OC(C)(C)C(C)(C)O2)cc1)C(N)=O. The number of hydrogen-bond acceptors (Lipinski definition) is 4. The van der Waals surface area contributed by atoms with E-state index in [4.69, 9.17) is 15.0 Å². The standard InChI is InChI=1S/C19H29BN2O4/c1-12(2)17(24)22-15(16(21)23)11-13-7-9-14(10-8-13)20-25-18(3,4)19(5,6)26-20/h7-10,12,15H,11H2,1-6H3,(H2,21,23)(H,22,24)/t15-/m0/s1. The molecule has 0 aromatic heterocycles. The number of carbonyl (C=O) groups is 2. The number of carbonyl (C=O) groups excluding carboxylic acids is 2. The zero-order chi connectivity index (χ0) is 19.7. The first kappa shape index (κ1) is 20.5. The van der Waals surface area contributed by atoms with E-state index in [0.29, 0.717) is 6.42 Å². The summed E-state index contributed by atoms with van der Waals surface area (Å²) in [4.78, 5) is 23.5. The summed E-state index contributed by atoms with van der Waals surface area (Å²) in [6.07, 6.45) is 0.345. The van der Waals surface area contributed by atoms with Gasteiger partial charge in [0.05, 0.1) is 11.2 Å². The van der Waals surface area contributed by atoms with E-state index in [1.807, 2.05) is 52.0 Å². The number of primary amides is 1. The Morgan fingerprint density at radius 2 is 1.58 bits per heavy atom. The highest BCUT2D eigenvalue weighted by Crippen LogP contribution is 2.36. The zero-order valence-electron chi connectivity index (χ0n) is 16.5. The van der Waals surface area contributed by atoms with Gasteiger partial charge in [0.15, 0.2) is 0 Å². The van der Waals surface area contributed by atoms with E-state index >= 15 is 0 Å². The molecule has 0 radical (unpaired) electrons. The molecule has 1 aromatic carbocycles. The summed E-state index contributed by atoms with van der Waals surface area (Å²) in [6, 6.07) is 6.91. The molecule has 1 fully saturated rings. The summed E-state index contributed by atoms with van der Waals surface area (Å²) in [5, 5.41) is 2.69. The molecule has 1 aliphatic rings. The van der Waals surface area contributed by atoms with Gasteiger partial charge in [-0.3, -0.25) is 9.59 Å². The Hall–Kier alpha value is -1.86. The van der Waals surface area contributed by atoms with Crippen LogP contribution in [0.4, 0.5) is 0 Å². The second kappa shape index (κ2) is 7.41. The number of benzene rings is 1. The number of amides is 2. The average molecular weight is 360 g/mol. The van der Waals surface area contributed by atoms with Gasteiger partial charge in [0.1, 0.15) is 6.04 Å². The molecule has 7 heteroatoms. The lowest BCUT2D eigenvalue weighted by molar-refractivity contribution is -0.129. The second-order valence-corrected chi connectivity index (χ2v) is 8.15. The summed E-state index contributed by atoms with van der Waals surface area (Å²) in [5.74, 6) is -0.945. The van der Waals surface area contributed by atoms with E-state index in [2.05, 4.69) is 5.32 Å². The fourth-order valence-electron chi connectivity index (χ4n) is 2.59. The van der Waals surface area contributed by atoms with E-state index < -0.39 is 30.3 Å². The molecule has 0 aliphatic carbocycles. The highest BCUT2D eigenvalue weighted by Gasteiger charge is 2.51. The van der Waals surface area contributed by atoms with Crippen LogP contribution in [0.25, 0.3) is 0 Å². The van der Waals surface area contributed by atoms with Gasteiger partial charge in [0.25, 0.3) is 0 Å². The van der Waals surface area contributed by atoms with Crippen molar-refractivity contribution in [1.29, 1.82) is 0 Å². The molecule has 142 valence electrons. The molecule has 1 atom stereocenters. The molecular formula is C19H29BN2O4. The molecule has 26 heavy (non-hydrogen) atoms. The van der Waals surface area contributed by atoms with E-state index in [9.17, 15) is 9.59 Å². The van der Waals surface area contributed by atoms with Gasteiger partial charge in [-0.2, -0.15) is 0 Å². The van der Waals surface area contributed by atoms with Gasteiger partial charge >= 0.3 is 7.12 Å². The molecule has 1 heterocycles. The largest absolute Gasteiger partial charge is 0.494 e. The van der Waals surface area contributed by atoms with Crippen molar-refractivity contribution in [3.8, 4) is 0 Å². The van der Waals surface area contributed by atoms with Crippen LogP contribution in [0.5, 0.6) is 0 Å². The smallest absolute Gasteiger partial charge is 0.399 e. The van der Waals surface area contributed by atoms with Crippen molar-refractivity contribution in [2.75, 3.05) is 0 Å². The lowest BCUT2D eigenvalue weighted by Gasteiger charge is -2.32. The van der Waals surface area contributed by atoms with Crippen molar-refractivity contribution in [2.24, 2.45) is 11.7 Å². The fourth-order valence-corrected chi connectivity index (χ4v) is 2.59. The van der Waals surface area contributed by atoms with Crippen molar-refractivity contribution >= 4 is 24.4 Å². The molecule has 2 amide bonds. The number of rotatable bonds is 6. The molecule has 0 unspecified atom stereocenters. The highest BCUT2D eigenvalue weighted by atomic mass is 16.7. The Morgan fingerprint density at radius 3 is 2.00 bits per heavy atom. The van der Waals surface area contributed by atoms with E-state index in [1.165, 1.54) is 0 Å². The number of nitrogens with two attached hydrogens (primary N) is 1. The van der Waals surface area contributed by atoms with Gasteiger partial charge in [-0.25, -0.2) is 0 Å². The third kappa shape index (κ3) is 4.45. The Labute approximate surface area is 156 Å². The van der Waals surface area contributed by atoms with Gasteiger partial charge in [-0.15, -0.1) is 0 Å². The van der Waals surface area contributed by atoms with Crippen LogP contribution in [-0.2, 0) is 25.3 Å². The molecule has 1 saturated heterocycles. The van der Waals surface area contributed by atoms with Crippen LogP contribution in [0.3, 0.4) is 0 Å². The maximum atomic E-state index is 11.8. The highest BCUT2D eigenvalue weighted by molar-refractivity contribution is 6.62. The van der Waals surface area contributed by atoms with Gasteiger partial charge in [0.2, 0.25) is 11.8 Å². The third-order valence-corrected chi connectivity index (χ3v) is 5.13. The van der Waals surface area contributed by atoms with Crippen LogP contribution in [0, 0.1) is 5.92 Å². The molecular weight excluding hydrogens is 331 g/mol. The van der Waals surface area contributed by atoms with Gasteiger partial charge in [-0.1, -0.05) is 38.1 Å². The first-order chi connectivity index (χ1) is 11.9. The predicted octanol–water partition coefficient (Wildman–Crippen LogP) is 1.15. The summed E-state index contributed by atoms with van der Waals surface area (Å²) >= 11 is 0. The molecule has 1 aromatic rings. The van der Waals surface area contributed by atoms with E-state index in [1.54, 1.807) is 13.8 Å². The van der Waals surface area contributed by atoms with Crippen LogP contribution in [-0.4, -0.2) is 36.2 Å². The maximum Gasteiger partial charge on any atom is 0.494 e. The van der Waals surface area contributed by atoms with Crippen molar-refractivity contribution in [3.05, 3.63) is 29.8 Å². The fraction of sp³-hybridized carbons (Fsp3) is 0.579. The summed E-state index contributed by atoms with van der Waals surface area (Å²) in [6.45, 7) is 11.6. The Balaban J connectivity index is 2.07. The normalized spacial score (nSPS) is 19.4. The summed E-state index contributed by atoms with van der Waals surface area (Å²) < 4.78 is 12.1. The van der Waals surface area contributed by atoms with E-state index in [-0.39, 0.29) is 11.8 Å². The third-order valence-electron chi connectivity index (χ3n) is 5.13. The van der Waals surface area contributed by atoms with Gasteiger partial charge in [0, 0.05) is 12.3 Å². The molecule has 1 aliphatic heterocycles. The average Bonchev–Trinajstić information content (AvgIpc) is 2.75. The Bertz CT molecular complexity index is 655. The number of nitrogens with one attached hydrogen (secondary N) is 1. The molecule has 6 nitrogen and oxygen atoms in total. The Morgan fingerprint density at radius 1 is 1.08 bits per heavy atom. The first-order valence-corrected chi connectivity index (χ1v) is 8.97. The van der Waals surface area contributed by atoms with Crippen molar-refractivity contribution in [3.63, 3.8) is 0 Å². The molecule has 0 saturated carbocycles. The lowest BCUT2D eigenvalue weighted by Crippen LogP contribution is -2.47. The van der Waals surface area contributed by atoms with Crippen LogP contribution < -0.4 is 16.5 Å². The van der Waals surface area contributed by atoms with Crippen LogP contribution in [0.2, 0.25) is 0 Å². The van der Waals surface area contributed by atoms with E-state index in [0.717, 1.165) is 11.0 Å². The summed E-state index contributed by atoms with van der Waals surface area (Å²) in [5.41, 5.74) is 6.45.